The SMILES string of the molecule is CCCC1O[C@@H]2C[C@H]3[C@@H]4C[C@H](F)C5=CC(=O)C=C[C@]5(C)[C@@]4(F)[C@@H](O)C[C@]3(C)[C@]2(C(=O)COc2ccc(NC(=O)[C@H](CCCNC(N)=O)NC(=O)[C@@H](NC(=O)[C@@H](CCCCNC(=O)COC3CCCCCC4=C3NNN4CCOCCOCCOCCOCCOCCP(=O)(O)O)NC(=O)CCOCCOCCOCCOCCNC(=O)CCC(=O)N3Cc4ccccc4/C(C)=C\c4ccccc43)C(C)C)cc2)O1. The number of carbonyl (C=O) groups excluding carboxylic acids is 10. The third-order valence-electron chi connectivity index (χ3n) is 27.5. The highest BCUT2D eigenvalue weighted by molar-refractivity contribution is 7.51. The monoisotopic (exact) mass is 2030 g/mol. The molecule has 3 aromatic rings. The highest BCUT2D eigenvalue weighted by atomic mass is 31.2. The number of urea groups is 1. The van der Waals surface area contributed by atoms with E-state index in [9.17, 15) is 52.8 Å². The van der Waals surface area contributed by atoms with E-state index in [1.807, 2.05) is 60.5 Å². The normalized spacial score (nSPS) is 24.2. The largest absolute Gasteiger partial charge is 0.486 e. The van der Waals surface area contributed by atoms with Gasteiger partial charge in [0.1, 0.15) is 49.4 Å². The Morgan fingerprint density at radius 1 is 0.657 bits per heavy atom. The molecule has 9 amide bonds. The topological polar surface area (TPSA) is 509 Å². The number of rotatable bonds is 62. The number of hydrazine groups is 2. The van der Waals surface area contributed by atoms with Crippen LogP contribution in [0.2, 0.25) is 0 Å². The molecule has 39 nitrogen and oxygen atoms in total. The maximum atomic E-state index is 18.2. The number of ketones is 2. The number of alkyl halides is 2. The van der Waals surface area contributed by atoms with Gasteiger partial charge < -0.3 is 130 Å². The number of fused-ring (bicyclic) bond motifs is 9. The number of halogens is 2. The lowest BCUT2D eigenvalue weighted by atomic mass is 9.44. The third-order valence-corrected chi connectivity index (χ3v) is 28.3. The van der Waals surface area contributed by atoms with Gasteiger partial charge in [-0.25, -0.2) is 13.6 Å². The molecule has 2 unspecified atom stereocenters. The molecule has 3 saturated carbocycles. The molecule has 5 aliphatic carbocycles. The van der Waals surface area contributed by atoms with E-state index in [-0.39, 0.29) is 198 Å². The van der Waals surface area contributed by atoms with Gasteiger partial charge in [0.25, 0.3) is 0 Å². The van der Waals surface area contributed by atoms with E-state index in [2.05, 4.69) is 61.2 Å². The standard InChI is InChI=1S/C101H147F2N12O27P/c1-7-18-91-141-86-62-75-76-61-78(102)77-60-72(116)33-35-98(77,5)100(76,103)84(117)63-99(75,6)101(86,142-91)85(118)65-139-73-29-27-71(28-30-73)108-94(123)80(23-17-37-107-97(104)126)110-96(125)92(67(2)3)111-95(124)79(22-15-16-36-105-89(121)66-140-83-26-10-8-9-25-82-93(83)112-113-115(82)39-42-132-45-48-135-51-52-136-53-54-137-55-56-138-57-58-143(127,128)129)109-88(120)34-40-130-43-46-133-49-50-134-47-44-131-41-38-106-87(119)31-32-90(122)114-64-70-20-11-13-21-74(70)68(4)59-69-19-12-14-24-81(69)114/h11-14,19-21,24,27-30,33,35,59-60,67,75-76,78-80,83-84,86,91-92,112-113,117H,7-10,15-18,22-23,25-26,31-32,34,36-58,61-66H2,1-6H3,(H,105,121)(H,106,119)(H,108,123)(H,109,120)(H,110,125)(H,111,124)(H3,104,107,126)(H2,127,128,129)/b68-59-/t75-,76-,78-,79+,80-,83?,84-,86+,91?,92-,98-,99-,100-,101+/m0/s1. The molecule has 4 fully saturated rings. The summed E-state index contributed by atoms with van der Waals surface area (Å²) in [5.74, 6) is -6.71. The van der Waals surface area contributed by atoms with Crippen LogP contribution in [-0.4, -0.2) is 303 Å². The minimum atomic E-state index is -4.09. The predicted molar refractivity (Wildman–Crippen MR) is 523 cm³/mol. The van der Waals surface area contributed by atoms with Crippen molar-refractivity contribution in [1.82, 2.24) is 47.9 Å². The first-order valence-electron chi connectivity index (χ1n) is 50.1. The zero-order chi connectivity index (χ0) is 103. The number of hydrogen-bond donors (Lipinski definition) is 13. The summed E-state index contributed by atoms with van der Waals surface area (Å²) < 4.78 is 121. The lowest BCUT2D eigenvalue weighted by Crippen LogP contribution is -2.71. The Labute approximate surface area is 834 Å². The summed E-state index contributed by atoms with van der Waals surface area (Å²) in [6.45, 7) is 15.6. The second-order valence-corrected chi connectivity index (χ2v) is 39.7. The molecular formula is C101H147F2N12O27P. The van der Waals surface area contributed by atoms with Crippen molar-refractivity contribution in [3.05, 3.63) is 125 Å². The van der Waals surface area contributed by atoms with Crippen LogP contribution >= 0.6 is 7.60 Å². The molecule has 143 heavy (non-hydrogen) atoms. The number of nitrogens with two attached hydrogens (primary N) is 1. The van der Waals surface area contributed by atoms with Gasteiger partial charge in [-0.05, 0) is 179 Å². The highest BCUT2D eigenvalue weighted by Crippen LogP contribution is 2.72. The highest BCUT2D eigenvalue weighted by Gasteiger charge is 2.80. The maximum absolute atomic E-state index is 18.2. The van der Waals surface area contributed by atoms with Crippen LogP contribution in [-0.2, 0) is 111 Å². The summed E-state index contributed by atoms with van der Waals surface area (Å²) >= 11 is 0. The van der Waals surface area contributed by atoms with Crippen LogP contribution < -0.4 is 63.5 Å². The van der Waals surface area contributed by atoms with E-state index in [1.54, 1.807) is 25.7 Å². The van der Waals surface area contributed by atoms with Gasteiger partial charge in [0.2, 0.25) is 47.1 Å². The number of para-hydroxylation sites is 1. The number of aliphatic hydroxyl groups is 1. The molecule has 0 bridgehead atoms. The Bertz CT molecular complexity index is 4900. The Morgan fingerprint density at radius 2 is 1.29 bits per heavy atom. The van der Waals surface area contributed by atoms with E-state index >= 15 is 13.6 Å². The summed E-state index contributed by atoms with van der Waals surface area (Å²) in [6.07, 6.45) is 5.47. The molecule has 0 radical (unpaired) electrons. The molecule has 14 N–H and O–H groups in total. The summed E-state index contributed by atoms with van der Waals surface area (Å²) in [6, 6.07) is 17.2. The van der Waals surface area contributed by atoms with Crippen molar-refractivity contribution in [1.29, 1.82) is 0 Å². The Kier molecular flexibility index (Phi) is 44.8. The fraction of sp³-hybridized carbons (Fsp3) is 0.644. The van der Waals surface area contributed by atoms with E-state index in [0.717, 1.165) is 71.1 Å². The van der Waals surface area contributed by atoms with Crippen LogP contribution in [0.5, 0.6) is 5.75 Å². The molecule has 8 aliphatic rings. The van der Waals surface area contributed by atoms with Crippen LogP contribution in [0.1, 0.15) is 174 Å². The molecular weight excluding hydrogens is 1880 g/mol. The van der Waals surface area contributed by atoms with Gasteiger partial charge in [0, 0.05) is 61.3 Å². The number of nitrogens with zero attached hydrogens (tertiary/aromatic N) is 2. The molecule has 14 atom stereocenters. The zero-order valence-electron chi connectivity index (χ0n) is 83.0. The van der Waals surface area contributed by atoms with E-state index in [0.29, 0.717) is 91.4 Å². The number of allylic oxidation sites excluding steroid dienone is 6. The number of carbonyl (C=O) groups is 10. The van der Waals surface area contributed by atoms with E-state index in [1.165, 1.54) is 43.3 Å². The average molecular weight is 2030 g/mol. The Hall–Kier alpha value is -9.63. The quantitative estimate of drug-likeness (QED) is 0.0196. The Morgan fingerprint density at radius 3 is 1.97 bits per heavy atom. The number of Topliss-reactive ketones (excluding diaryl/α,β-unsaturated/α-hetero) is 1. The number of aliphatic hydroxyl groups excluding tert-OH is 1. The number of benzene rings is 3. The lowest BCUT2D eigenvalue weighted by Gasteiger charge is -2.63. The number of ether oxygens (including phenoxy) is 13. The van der Waals surface area contributed by atoms with Gasteiger partial charge in [-0.1, -0.05) is 95.5 Å². The smallest absolute Gasteiger partial charge is 0.327 e. The van der Waals surface area contributed by atoms with E-state index in [4.69, 9.17) is 77.1 Å². The van der Waals surface area contributed by atoms with Crippen molar-refractivity contribution >= 4 is 89.6 Å². The average Bonchev–Trinajstić information content (AvgIpc) is 1.52. The first-order valence-corrected chi connectivity index (χ1v) is 51.9. The van der Waals surface area contributed by atoms with Crippen molar-refractivity contribution in [2.75, 3.05) is 175 Å². The molecule has 792 valence electrons. The van der Waals surface area contributed by atoms with Crippen LogP contribution in [0, 0.1) is 28.6 Å². The first-order chi connectivity index (χ1) is 68.8. The molecule has 0 spiro atoms. The lowest BCUT2D eigenvalue weighted by molar-refractivity contribution is -0.234. The van der Waals surface area contributed by atoms with Crippen molar-refractivity contribution in [3.8, 4) is 5.75 Å². The fourth-order valence-corrected chi connectivity index (χ4v) is 20.6. The molecule has 3 heterocycles. The number of amides is 9. The van der Waals surface area contributed by atoms with E-state index < -0.39 is 144 Å². The van der Waals surface area contributed by atoms with Crippen LogP contribution in [0.15, 0.2) is 108 Å². The number of primary amides is 1. The van der Waals surface area contributed by atoms with Crippen LogP contribution in [0.3, 0.4) is 0 Å². The number of unbranched alkanes of at least 4 members (excludes halogenated alkanes) is 1. The zero-order valence-corrected chi connectivity index (χ0v) is 83.9. The van der Waals surface area contributed by atoms with Crippen molar-refractivity contribution < 1.29 is 138 Å². The summed E-state index contributed by atoms with van der Waals surface area (Å²) in [5, 5.41) is 33.6. The predicted octanol–water partition coefficient (Wildman–Crippen LogP) is 7.23. The molecule has 42 heteroatoms. The summed E-state index contributed by atoms with van der Waals surface area (Å²) in [5.41, 5.74) is 11.8. The second-order valence-electron chi connectivity index (χ2n) is 37.9. The first kappa shape index (κ1) is 114. The minimum Gasteiger partial charge on any atom is -0.486 e. The summed E-state index contributed by atoms with van der Waals surface area (Å²) in [7, 11) is -4.09. The molecule has 0 aromatic heterocycles. The van der Waals surface area contributed by atoms with Crippen LogP contribution in [0.25, 0.3) is 11.6 Å². The molecule has 3 aromatic carbocycles. The Balaban J connectivity index is 0.632. The van der Waals surface area contributed by atoms with Gasteiger partial charge >= 0.3 is 13.6 Å². The molecule has 1 saturated heterocycles. The van der Waals surface area contributed by atoms with Gasteiger partial charge in [0.15, 0.2) is 23.3 Å². The number of nitrogens with one attached hydrogen (secondary N) is 9. The minimum absolute atomic E-state index is 0.0149. The van der Waals surface area contributed by atoms with Gasteiger partial charge in [-0.3, -0.25) is 52.7 Å². The fourth-order valence-electron chi connectivity index (χ4n) is 20.2. The second kappa shape index (κ2) is 56.3. The van der Waals surface area contributed by atoms with Crippen molar-refractivity contribution in [2.24, 2.45) is 34.3 Å². The van der Waals surface area contributed by atoms with Crippen molar-refractivity contribution in [2.45, 2.75) is 224 Å². The van der Waals surface area contributed by atoms with Crippen molar-refractivity contribution in [3.63, 3.8) is 0 Å². The third kappa shape index (κ3) is 31.9. The summed E-state index contributed by atoms with van der Waals surface area (Å²) in [4.78, 5) is 157. The van der Waals surface area contributed by atoms with Gasteiger partial charge in [-0.2, -0.15) is 0 Å². The number of anilines is 2. The van der Waals surface area contributed by atoms with Crippen LogP contribution in [0.4, 0.5) is 25.0 Å². The van der Waals surface area contributed by atoms with Gasteiger partial charge in [0.05, 0.1) is 167 Å². The maximum Gasteiger partial charge on any atom is 0.327 e. The molecule has 11 rings (SSSR count). The molecule has 3 aliphatic heterocycles. The number of hydrogen-bond acceptors (Lipinski definition) is 28. The van der Waals surface area contributed by atoms with Gasteiger partial charge in [-0.15, -0.1) is 5.53 Å².